The van der Waals surface area contributed by atoms with Crippen LogP contribution in [0.15, 0.2) is 170 Å². The zero-order valence-electron chi connectivity index (χ0n) is 41.8. The normalized spacial score (nSPS) is 10.9. The lowest BCUT2D eigenvalue weighted by molar-refractivity contribution is -0.138. The van der Waals surface area contributed by atoms with Crippen molar-refractivity contribution in [2.75, 3.05) is 31.9 Å². The summed E-state index contributed by atoms with van der Waals surface area (Å²) in [7, 11) is 0. The highest BCUT2D eigenvalue weighted by Gasteiger charge is 2.22. The lowest BCUT2D eigenvalue weighted by atomic mass is 10.0. The Morgan fingerprint density at radius 2 is 1.04 bits per heavy atom. The Morgan fingerprint density at radius 3 is 1.61 bits per heavy atom. The van der Waals surface area contributed by atoms with Crippen LogP contribution in [0, 0.1) is 0 Å². The van der Waals surface area contributed by atoms with Gasteiger partial charge in [0.2, 0.25) is 0 Å². The fourth-order valence-corrected chi connectivity index (χ4v) is 7.88. The van der Waals surface area contributed by atoms with Crippen molar-refractivity contribution in [1.29, 1.82) is 0 Å². The van der Waals surface area contributed by atoms with E-state index in [1.165, 1.54) is 31.3 Å². The number of nitrogens with one attached hydrogen (secondary N) is 1. The van der Waals surface area contributed by atoms with Gasteiger partial charge >= 0.3 is 29.8 Å². The molecule has 0 aliphatic rings. The number of rotatable bonds is 27. The number of fused-ring (bicyclic) bond motifs is 4. The van der Waals surface area contributed by atoms with E-state index < -0.39 is 29.8 Å². The Labute approximate surface area is 435 Å². The molecule has 1 N–H and O–H groups in total. The van der Waals surface area contributed by atoms with Gasteiger partial charge in [-0.05, 0) is 153 Å². The highest BCUT2D eigenvalue weighted by atomic mass is 16.6. The van der Waals surface area contributed by atoms with Gasteiger partial charge < -0.3 is 33.2 Å². The smallest absolute Gasteiger partial charge is 0.343 e. The number of benzene rings is 7. The minimum Gasteiger partial charge on any atom is -0.494 e. The second-order valence-electron chi connectivity index (χ2n) is 17.3. The molecule has 14 nitrogen and oxygen atoms in total. The summed E-state index contributed by atoms with van der Waals surface area (Å²) in [5, 5.41) is 9.31. The number of anilines is 1. The summed E-state index contributed by atoms with van der Waals surface area (Å²) in [6, 6.07) is 37.3. The van der Waals surface area contributed by atoms with Crippen molar-refractivity contribution in [3.8, 4) is 28.7 Å². The molecule has 384 valence electrons. The Hall–Kier alpha value is -9.04. The van der Waals surface area contributed by atoms with E-state index in [0.29, 0.717) is 43.3 Å². The van der Waals surface area contributed by atoms with Crippen LogP contribution in [-0.2, 0) is 23.9 Å². The molecule has 75 heavy (non-hydrogen) atoms. The molecular weight excluding hydrogens is 953 g/mol. The average molecular weight is 1010 g/mol. The lowest BCUT2D eigenvalue weighted by Gasteiger charge is -2.16. The molecule has 7 aromatic rings. The molecule has 0 unspecified atom stereocenters. The molecule has 7 aromatic carbocycles. The van der Waals surface area contributed by atoms with Crippen molar-refractivity contribution in [2.45, 2.75) is 58.3 Å². The molecule has 0 saturated carbocycles. The molecule has 0 fully saturated rings. The predicted octanol–water partition coefficient (Wildman–Crippen LogP) is 12.8. The fraction of sp³-hybridized carbons (Fsp3) is 0.213. The van der Waals surface area contributed by atoms with Crippen LogP contribution in [0.3, 0.4) is 0 Å². The van der Waals surface area contributed by atoms with Gasteiger partial charge in [0.1, 0.15) is 28.7 Å². The van der Waals surface area contributed by atoms with Crippen molar-refractivity contribution in [1.82, 2.24) is 0 Å². The SMILES string of the molecule is C=CC(=O)OCCCCCCOc1ccc(C(=O)Oc2cc(/C=N/Nc3cc4ccccc4c4ccccc34)c(OC(=O)c3ccc(OCCCCCCOC(=O)C=C)cc3)c3ccc(OC(=O)C(=C)C)cc23)cc1. The third-order valence-electron chi connectivity index (χ3n) is 11.8. The van der Waals surface area contributed by atoms with Crippen LogP contribution in [0.1, 0.15) is 84.6 Å². The van der Waals surface area contributed by atoms with E-state index in [0.717, 1.165) is 90.8 Å². The van der Waals surface area contributed by atoms with Gasteiger partial charge in [-0.15, -0.1) is 0 Å². The minimum absolute atomic E-state index is 0.0536. The van der Waals surface area contributed by atoms with Crippen LogP contribution < -0.4 is 29.1 Å². The Bertz CT molecular complexity index is 3230. The van der Waals surface area contributed by atoms with Crippen molar-refractivity contribution in [3.05, 3.63) is 182 Å². The van der Waals surface area contributed by atoms with Crippen LogP contribution in [-0.4, -0.2) is 62.5 Å². The molecule has 0 radical (unpaired) electrons. The van der Waals surface area contributed by atoms with Gasteiger partial charge in [0.05, 0.1) is 49.5 Å². The predicted molar refractivity (Wildman–Crippen MR) is 290 cm³/mol. The number of carbonyl (C=O) groups is 5. The van der Waals surface area contributed by atoms with Gasteiger partial charge in [-0.1, -0.05) is 68.3 Å². The fourth-order valence-electron chi connectivity index (χ4n) is 7.88. The van der Waals surface area contributed by atoms with Gasteiger partial charge in [-0.2, -0.15) is 5.10 Å². The minimum atomic E-state index is -0.702. The summed E-state index contributed by atoms with van der Waals surface area (Å²) in [5.41, 5.74) is 4.80. The molecule has 0 aromatic heterocycles. The van der Waals surface area contributed by atoms with Crippen molar-refractivity contribution in [2.24, 2.45) is 5.10 Å². The van der Waals surface area contributed by atoms with Crippen LogP contribution >= 0.6 is 0 Å². The number of nitrogens with zero attached hydrogens (tertiary/aromatic N) is 1. The lowest BCUT2D eigenvalue weighted by Crippen LogP contribution is -2.13. The number of hydrogen-bond donors (Lipinski definition) is 1. The summed E-state index contributed by atoms with van der Waals surface area (Å²) >= 11 is 0. The first-order valence-corrected chi connectivity index (χ1v) is 24.7. The van der Waals surface area contributed by atoms with E-state index in [1.54, 1.807) is 54.6 Å². The molecule has 0 amide bonds. The molecule has 0 spiro atoms. The second-order valence-corrected chi connectivity index (χ2v) is 17.3. The van der Waals surface area contributed by atoms with Gasteiger partial charge in [0.15, 0.2) is 0 Å². The third kappa shape index (κ3) is 15.2. The Morgan fingerprint density at radius 1 is 0.520 bits per heavy atom. The van der Waals surface area contributed by atoms with E-state index in [9.17, 15) is 24.0 Å². The van der Waals surface area contributed by atoms with Gasteiger partial charge in [-0.3, -0.25) is 5.43 Å². The molecule has 0 bridgehead atoms. The second kappa shape index (κ2) is 27.1. The third-order valence-corrected chi connectivity index (χ3v) is 11.8. The standard InChI is InChI=1S/C61H58N2O12/c1-5-56(64)71-35-17-9-7-15-33-69-46-27-23-42(24-28-46)60(67)74-55-38-45(40-62-63-54-37-44-19-11-12-20-49(44)50-21-13-14-22-51(50)54)58(52-32-31-48(39-53(52)55)73-59(66)41(3)4)75-61(68)43-25-29-47(30-26-43)70-34-16-8-10-18-36-72-57(65)6-2/h5-6,11-14,19-32,37-40,63H,1-3,7-10,15-18,33-36H2,4H3/b62-40+. The number of esters is 5. The molecule has 0 aliphatic carbocycles. The highest BCUT2D eigenvalue weighted by molar-refractivity contribution is 6.13. The van der Waals surface area contributed by atoms with Gasteiger partial charge in [0, 0.05) is 39.4 Å². The Kier molecular flexibility index (Phi) is 19.4. The first-order chi connectivity index (χ1) is 36.5. The number of ether oxygens (including phenoxy) is 7. The first kappa shape index (κ1) is 53.8. The van der Waals surface area contributed by atoms with E-state index in [1.807, 2.05) is 48.5 Å². The van der Waals surface area contributed by atoms with Crippen LogP contribution in [0.4, 0.5) is 5.69 Å². The zero-order valence-corrected chi connectivity index (χ0v) is 41.8. The maximum absolute atomic E-state index is 14.1. The molecule has 0 saturated heterocycles. The van der Waals surface area contributed by atoms with Crippen LogP contribution in [0.25, 0.3) is 32.3 Å². The maximum atomic E-state index is 14.1. The average Bonchev–Trinajstić information content (AvgIpc) is 3.43. The zero-order chi connectivity index (χ0) is 52.9. The molecule has 7 rings (SSSR count). The number of carbonyl (C=O) groups excluding carboxylic acids is 5. The van der Waals surface area contributed by atoms with E-state index in [2.05, 4.69) is 36.3 Å². The molecule has 0 heterocycles. The largest absolute Gasteiger partial charge is 0.494 e. The highest BCUT2D eigenvalue weighted by Crippen LogP contribution is 2.40. The van der Waals surface area contributed by atoms with Gasteiger partial charge in [-0.25, -0.2) is 24.0 Å². The monoisotopic (exact) mass is 1010 g/mol. The van der Waals surface area contributed by atoms with Crippen LogP contribution in [0.2, 0.25) is 0 Å². The van der Waals surface area contributed by atoms with E-state index in [4.69, 9.17) is 33.2 Å². The summed E-state index contributed by atoms with van der Waals surface area (Å²) < 4.78 is 39.9. The maximum Gasteiger partial charge on any atom is 0.343 e. The molecule has 0 atom stereocenters. The van der Waals surface area contributed by atoms with E-state index >= 15 is 0 Å². The van der Waals surface area contributed by atoms with Crippen LogP contribution in [0.5, 0.6) is 28.7 Å². The van der Waals surface area contributed by atoms with Crippen molar-refractivity contribution >= 4 is 74.1 Å². The molecule has 14 heteroatoms. The first-order valence-electron chi connectivity index (χ1n) is 24.7. The summed E-state index contributed by atoms with van der Waals surface area (Å²) in [6.07, 6.45) is 10.3. The Balaban J connectivity index is 1.14. The molecular formula is C61H58N2O12. The number of unbranched alkanes of at least 4 members (excludes halogenated alkanes) is 6. The number of hydrogen-bond acceptors (Lipinski definition) is 14. The summed E-state index contributed by atoms with van der Waals surface area (Å²) in [5.74, 6) is -1.54. The quantitative estimate of drug-likeness (QED) is 0.00981. The van der Waals surface area contributed by atoms with Crippen molar-refractivity contribution < 1.29 is 57.1 Å². The molecule has 0 aliphatic heterocycles. The van der Waals surface area contributed by atoms with Gasteiger partial charge in [0.25, 0.3) is 0 Å². The topological polar surface area (TPSA) is 174 Å². The summed E-state index contributed by atoms with van der Waals surface area (Å²) in [6.45, 7) is 13.6. The summed E-state index contributed by atoms with van der Waals surface area (Å²) in [4.78, 5) is 63.3. The number of hydrazone groups is 1. The van der Waals surface area contributed by atoms with E-state index in [-0.39, 0.29) is 44.9 Å². The van der Waals surface area contributed by atoms with Crippen molar-refractivity contribution in [3.63, 3.8) is 0 Å².